The summed E-state index contributed by atoms with van der Waals surface area (Å²) >= 11 is 5.15. The predicted molar refractivity (Wildman–Crippen MR) is 88.3 cm³/mol. The molecule has 0 radical (unpaired) electrons. The van der Waals surface area contributed by atoms with Crippen LogP contribution >= 0.6 is 27.3 Å². The summed E-state index contributed by atoms with van der Waals surface area (Å²) in [5, 5.41) is 4.21. The smallest absolute Gasteiger partial charge is 0.188 e. The third kappa shape index (κ3) is 2.64. The number of hydrogen-bond donors (Lipinski definition) is 1. The van der Waals surface area contributed by atoms with E-state index in [0.29, 0.717) is 0 Å². The topological polar surface area (TPSA) is 34.1 Å². The molecule has 0 spiro atoms. The highest BCUT2D eigenvalue weighted by molar-refractivity contribution is 9.10. The van der Waals surface area contributed by atoms with Gasteiger partial charge in [0.25, 0.3) is 0 Å². The molecule has 20 heavy (non-hydrogen) atoms. The summed E-state index contributed by atoms with van der Waals surface area (Å²) in [5.74, 6) is 0.853. The molecule has 0 saturated heterocycles. The Labute approximate surface area is 129 Å². The number of methoxy groups -OCH3 is 1. The largest absolute Gasteiger partial charge is 0.497 e. The average molecular weight is 349 g/mol. The highest BCUT2D eigenvalue weighted by Crippen LogP contribution is 2.31. The SMILES string of the molecule is COc1ccc2nc(Nc3ccc(C)c(Br)c3)sc2c1. The third-order valence-electron chi connectivity index (χ3n) is 3.02. The number of fused-ring (bicyclic) bond motifs is 1. The molecule has 3 nitrogen and oxygen atoms in total. The van der Waals surface area contributed by atoms with E-state index in [1.165, 1.54) is 5.56 Å². The number of thiazole rings is 1. The van der Waals surface area contributed by atoms with Gasteiger partial charge < -0.3 is 10.1 Å². The van der Waals surface area contributed by atoms with Gasteiger partial charge in [-0.2, -0.15) is 0 Å². The first kappa shape index (κ1) is 13.4. The Bertz CT molecular complexity index is 770. The Morgan fingerprint density at radius 2 is 2.05 bits per heavy atom. The molecule has 0 amide bonds. The molecular weight excluding hydrogens is 336 g/mol. The molecule has 5 heteroatoms. The highest BCUT2D eigenvalue weighted by atomic mass is 79.9. The summed E-state index contributed by atoms with van der Waals surface area (Å²) in [5.41, 5.74) is 3.21. The Balaban J connectivity index is 1.92. The van der Waals surface area contributed by atoms with E-state index in [0.717, 1.165) is 31.3 Å². The quantitative estimate of drug-likeness (QED) is 0.713. The summed E-state index contributed by atoms with van der Waals surface area (Å²) in [6.07, 6.45) is 0. The number of aromatic nitrogens is 1. The van der Waals surface area contributed by atoms with E-state index in [1.54, 1.807) is 18.4 Å². The van der Waals surface area contributed by atoms with Crippen LogP contribution in [0.15, 0.2) is 40.9 Å². The van der Waals surface area contributed by atoms with Gasteiger partial charge in [0.2, 0.25) is 0 Å². The van der Waals surface area contributed by atoms with Crippen molar-refractivity contribution in [1.29, 1.82) is 0 Å². The van der Waals surface area contributed by atoms with Crippen LogP contribution in [0.25, 0.3) is 10.2 Å². The summed E-state index contributed by atoms with van der Waals surface area (Å²) in [7, 11) is 1.67. The van der Waals surface area contributed by atoms with Crippen molar-refractivity contribution < 1.29 is 4.74 Å². The lowest BCUT2D eigenvalue weighted by Crippen LogP contribution is -1.89. The Morgan fingerprint density at radius 1 is 1.20 bits per heavy atom. The van der Waals surface area contributed by atoms with Crippen LogP contribution in [-0.2, 0) is 0 Å². The second-order valence-corrected chi connectivity index (χ2v) is 6.33. The van der Waals surface area contributed by atoms with E-state index >= 15 is 0 Å². The number of aryl methyl sites for hydroxylation is 1. The third-order valence-corrected chi connectivity index (χ3v) is 4.81. The van der Waals surface area contributed by atoms with Gasteiger partial charge in [0.15, 0.2) is 5.13 Å². The number of benzene rings is 2. The number of ether oxygens (including phenoxy) is 1. The molecule has 0 saturated carbocycles. The van der Waals surface area contributed by atoms with Crippen molar-refractivity contribution in [3.8, 4) is 5.75 Å². The van der Waals surface area contributed by atoms with E-state index < -0.39 is 0 Å². The summed E-state index contributed by atoms with van der Waals surface area (Å²) < 4.78 is 7.43. The van der Waals surface area contributed by atoms with Crippen molar-refractivity contribution in [3.05, 3.63) is 46.4 Å². The maximum absolute atomic E-state index is 5.23. The highest BCUT2D eigenvalue weighted by Gasteiger charge is 2.06. The minimum Gasteiger partial charge on any atom is -0.497 e. The van der Waals surface area contributed by atoms with Gasteiger partial charge in [-0.3, -0.25) is 0 Å². The van der Waals surface area contributed by atoms with Crippen molar-refractivity contribution in [1.82, 2.24) is 4.98 Å². The molecule has 3 aromatic rings. The Kier molecular flexibility index (Phi) is 3.63. The van der Waals surface area contributed by atoms with Crippen molar-refractivity contribution in [2.75, 3.05) is 12.4 Å². The van der Waals surface area contributed by atoms with E-state index in [-0.39, 0.29) is 0 Å². The van der Waals surface area contributed by atoms with Crippen LogP contribution in [0.4, 0.5) is 10.8 Å². The van der Waals surface area contributed by atoms with Gasteiger partial charge in [0.05, 0.1) is 17.3 Å². The molecular formula is C15H13BrN2OS. The van der Waals surface area contributed by atoms with Gasteiger partial charge in [0, 0.05) is 10.2 Å². The minimum atomic E-state index is 0.853. The minimum absolute atomic E-state index is 0.853. The first-order valence-corrected chi connectivity index (χ1v) is 7.74. The summed E-state index contributed by atoms with van der Waals surface area (Å²) in [6, 6.07) is 12.1. The molecule has 3 rings (SSSR count). The molecule has 1 N–H and O–H groups in total. The van der Waals surface area contributed by atoms with Gasteiger partial charge in [-0.05, 0) is 42.8 Å². The standard InChI is InChI=1S/C15H13BrN2OS/c1-9-3-4-10(7-12(9)16)17-15-18-13-6-5-11(19-2)8-14(13)20-15/h3-8H,1-2H3,(H,17,18). The van der Waals surface area contributed by atoms with Crippen LogP contribution in [0.3, 0.4) is 0 Å². The fourth-order valence-corrected chi connectivity index (χ4v) is 3.17. The fraction of sp³-hybridized carbons (Fsp3) is 0.133. The van der Waals surface area contributed by atoms with Gasteiger partial charge >= 0.3 is 0 Å². The number of rotatable bonds is 3. The van der Waals surface area contributed by atoms with Crippen LogP contribution in [0.5, 0.6) is 5.75 Å². The molecule has 0 bridgehead atoms. The molecule has 2 aromatic carbocycles. The van der Waals surface area contributed by atoms with E-state index in [2.05, 4.69) is 45.3 Å². The lowest BCUT2D eigenvalue weighted by Gasteiger charge is -2.04. The van der Waals surface area contributed by atoms with Gasteiger partial charge in [-0.15, -0.1) is 0 Å². The second-order valence-electron chi connectivity index (χ2n) is 4.44. The van der Waals surface area contributed by atoms with Crippen molar-refractivity contribution in [3.63, 3.8) is 0 Å². The Hall–Kier alpha value is -1.59. The number of anilines is 2. The van der Waals surface area contributed by atoms with E-state index in [1.807, 2.05) is 24.3 Å². The molecule has 0 aliphatic carbocycles. The van der Waals surface area contributed by atoms with E-state index in [9.17, 15) is 0 Å². The van der Waals surface area contributed by atoms with Crippen molar-refractivity contribution in [2.24, 2.45) is 0 Å². The number of nitrogens with one attached hydrogen (secondary N) is 1. The van der Waals surface area contributed by atoms with Crippen LogP contribution < -0.4 is 10.1 Å². The molecule has 0 aliphatic heterocycles. The lowest BCUT2D eigenvalue weighted by atomic mass is 10.2. The lowest BCUT2D eigenvalue weighted by molar-refractivity contribution is 0.415. The molecule has 102 valence electrons. The van der Waals surface area contributed by atoms with Crippen molar-refractivity contribution in [2.45, 2.75) is 6.92 Å². The molecule has 0 unspecified atom stereocenters. The maximum atomic E-state index is 5.23. The van der Waals surface area contributed by atoms with E-state index in [4.69, 9.17) is 4.74 Å². The van der Waals surface area contributed by atoms with Crippen LogP contribution in [-0.4, -0.2) is 12.1 Å². The summed E-state index contributed by atoms with van der Waals surface area (Å²) in [6.45, 7) is 2.07. The zero-order chi connectivity index (χ0) is 14.1. The van der Waals surface area contributed by atoms with Gasteiger partial charge in [0.1, 0.15) is 5.75 Å². The number of nitrogens with zero attached hydrogens (tertiary/aromatic N) is 1. The molecule has 1 heterocycles. The van der Waals surface area contributed by atoms with Crippen molar-refractivity contribution >= 4 is 48.3 Å². The maximum Gasteiger partial charge on any atom is 0.188 e. The fourth-order valence-electron chi connectivity index (χ4n) is 1.88. The van der Waals surface area contributed by atoms with Gasteiger partial charge in [-0.25, -0.2) is 4.98 Å². The first-order chi connectivity index (χ1) is 9.65. The molecule has 0 aliphatic rings. The first-order valence-electron chi connectivity index (χ1n) is 6.13. The van der Waals surface area contributed by atoms with Crippen LogP contribution in [0, 0.1) is 6.92 Å². The normalized spacial score (nSPS) is 10.8. The second kappa shape index (κ2) is 5.42. The van der Waals surface area contributed by atoms with Crippen LogP contribution in [0.2, 0.25) is 0 Å². The average Bonchev–Trinajstić information content (AvgIpc) is 2.84. The monoisotopic (exact) mass is 348 g/mol. The number of hydrogen-bond acceptors (Lipinski definition) is 4. The van der Waals surface area contributed by atoms with Gasteiger partial charge in [-0.1, -0.05) is 33.3 Å². The molecule has 0 fully saturated rings. The molecule has 1 aromatic heterocycles. The molecule has 0 atom stereocenters. The zero-order valence-corrected chi connectivity index (χ0v) is 13.5. The number of halogens is 1. The van der Waals surface area contributed by atoms with Crippen LogP contribution in [0.1, 0.15) is 5.56 Å². The predicted octanol–water partition coefficient (Wildman–Crippen LogP) is 5.12. The zero-order valence-electron chi connectivity index (χ0n) is 11.1. The summed E-state index contributed by atoms with van der Waals surface area (Å²) in [4.78, 5) is 4.57. The Morgan fingerprint density at radius 3 is 2.80 bits per heavy atom.